The minimum absolute atomic E-state index is 0.146. The second kappa shape index (κ2) is 2.99. The van der Waals surface area contributed by atoms with Crippen molar-refractivity contribution >= 4 is 27.4 Å². The molecule has 0 aliphatic heterocycles. The summed E-state index contributed by atoms with van der Waals surface area (Å²) in [6.45, 7) is 1.83. The van der Waals surface area contributed by atoms with E-state index in [4.69, 9.17) is 5.11 Å². The third kappa shape index (κ3) is 1.33. The van der Waals surface area contributed by atoms with Crippen LogP contribution in [0.25, 0.3) is 10.1 Å². The molecule has 0 bridgehead atoms. The molecular formula is C10H8O3S. The molecule has 4 heteroatoms. The van der Waals surface area contributed by atoms with E-state index in [1.54, 1.807) is 12.1 Å². The Balaban J connectivity index is 2.85. The minimum Gasteiger partial charge on any atom is -0.499 e. The molecule has 1 aromatic heterocycles. The zero-order valence-electron chi connectivity index (χ0n) is 7.44. The summed E-state index contributed by atoms with van der Waals surface area (Å²) >= 11 is 1.09. The second-order valence-corrected chi connectivity index (χ2v) is 4.15. The molecule has 0 atom stereocenters. The quantitative estimate of drug-likeness (QED) is 0.757. The number of aryl methyl sites for hydroxylation is 1. The highest BCUT2D eigenvalue weighted by Crippen LogP contribution is 2.33. The second-order valence-electron chi connectivity index (χ2n) is 3.12. The van der Waals surface area contributed by atoms with Gasteiger partial charge in [0.1, 0.15) is 0 Å². The van der Waals surface area contributed by atoms with Gasteiger partial charge in [0, 0.05) is 0 Å². The molecule has 0 saturated carbocycles. The first kappa shape index (κ1) is 9.02. The van der Waals surface area contributed by atoms with Gasteiger partial charge in [0.2, 0.25) is 0 Å². The van der Waals surface area contributed by atoms with Crippen LogP contribution >= 0.6 is 11.3 Å². The summed E-state index contributed by atoms with van der Waals surface area (Å²) in [5.41, 5.74) is 1.14. The number of hydrogen-bond acceptors (Lipinski definition) is 3. The molecule has 0 amide bonds. The van der Waals surface area contributed by atoms with Crippen LogP contribution in [0.3, 0.4) is 0 Å². The third-order valence-corrected chi connectivity index (χ3v) is 2.96. The van der Waals surface area contributed by atoms with E-state index in [0.717, 1.165) is 22.3 Å². The van der Waals surface area contributed by atoms with Crippen LogP contribution in [0.4, 0.5) is 0 Å². The van der Waals surface area contributed by atoms with Gasteiger partial charge < -0.3 is 10.2 Å². The van der Waals surface area contributed by atoms with E-state index in [9.17, 15) is 9.90 Å². The maximum atomic E-state index is 10.9. The monoisotopic (exact) mass is 208 g/mol. The molecular weight excluding hydrogens is 200 g/mol. The fraction of sp³-hybridized carbons (Fsp3) is 0.100. The molecule has 14 heavy (non-hydrogen) atoms. The Morgan fingerprint density at radius 2 is 2.07 bits per heavy atom. The van der Waals surface area contributed by atoms with Crippen LogP contribution in [0.2, 0.25) is 0 Å². The Kier molecular flexibility index (Phi) is 1.93. The molecule has 2 rings (SSSR count). The number of thiophene rings is 1. The Morgan fingerprint density at radius 1 is 1.36 bits per heavy atom. The van der Waals surface area contributed by atoms with E-state index < -0.39 is 5.97 Å². The molecule has 1 aromatic carbocycles. The van der Waals surface area contributed by atoms with Gasteiger partial charge in [-0.05, 0) is 30.0 Å². The number of aromatic carboxylic acids is 1. The van der Waals surface area contributed by atoms with Gasteiger partial charge in [-0.1, -0.05) is 17.4 Å². The molecule has 2 aromatic rings. The van der Waals surface area contributed by atoms with Crippen molar-refractivity contribution in [2.24, 2.45) is 0 Å². The standard InChI is InChI=1S/C10H8O3S/c1-5-2-6-4-8(11)14-9(6)7(3-5)10(12)13/h2-4,11H,1H3,(H,12,13). The number of benzene rings is 1. The Bertz CT molecular complexity index is 513. The van der Waals surface area contributed by atoms with Gasteiger partial charge >= 0.3 is 5.97 Å². The SMILES string of the molecule is Cc1cc(C(=O)O)c2sc(O)cc2c1. The molecule has 0 aliphatic rings. The first-order valence-electron chi connectivity index (χ1n) is 4.04. The van der Waals surface area contributed by atoms with E-state index in [1.165, 1.54) is 0 Å². The summed E-state index contributed by atoms with van der Waals surface area (Å²) in [5, 5.41) is 19.1. The number of hydrogen-bond donors (Lipinski definition) is 2. The van der Waals surface area contributed by atoms with Crippen LogP contribution in [0.15, 0.2) is 18.2 Å². The van der Waals surface area contributed by atoms with Gasteiger partial charge in [0.05, 0.1) is 10.3 Å². The van der Waals surface area contributed by atoms with Crippen LogP contribution < -0.4 is 0 Å². The predicted octanol–water partition coefficient (Wildman–Crippen LogP) is 2.61. The first-order chi connectivity index (χ1) is 6.58. The molecule has 2 N–H and O–H groups in total. The lowest BCUT2D eigenvalue weighted by molar-refractivity contribution is 0.0699. The van der Waals surface area contributed by atoms with Crippen LogP contribution in [-0.4, -0.2) is 16.2 Å². The number of carboxylic acid groups (broad SMARTS) is 1. The van der Waals surface area contributed by atoms with Gasteiger partial charge in [-0.15, -0.1) is 0 Å². The summed E-state index contributed by atoms with van der Waals surface area (Å²) in [4.78, 5) is 10.9. The van der Waals surface area contributed by atoms with E-state index in [2.05, 4.69) is 0 Å². The predicted molar refractivity (Wildman–Crippen MR) is 55.2 cm³/mol. The van der Waals surface area contributed by atoms with E-state index in [1.807, 2.05) is 13.0 Å². The zero-order chi connectivity index (χ0) is 10.3. The molecule has 1 heterocycles. The fourth-order valence-electron chi connectivity index (χ4n) is 1.45. The smallest absolute Gasteiger partial charge is 0.337 e. The molecule has 0 fully saturated rings. The lowest BCUT2D eigenvalue weighted by atomic mass is 10.1. The van der Waals surface area contributed by atoms with Gasteiger partial charge in [-0.25, -0.2) is 4.79 Å². The lowest BCUT2D eigenvalue weighted by Gasteiger charge is -1.98. The molecule has 0 radical (unpaired) electrons. The summed E-state index contributed by atoms with van der Waals surface area (Å²) in [6, 6.07) is 5.05. The van der Waals surface area contributed by atoms with Crippen molar-refractivity contribution in [2.45, 2.75) is 6.92 Å². The number of rotatable bonds is 1. The number of aromatic hydroxyl groups is 1. The number of carbonyl (C=O) groups is 1. The van der Waals surface area contributed by atoms with E-state index in [0.29, 0.717) is 4.70 Å². The van der Waals surface area contributed by atoms with Crippen molar-refractivity contribution in [1.29, 1.82) is 0 Å². The third-order valence-electron chi connectivity index (χ3n) is 1.98. The van der Waals surface area contributed by atoms with Gasteiger partial charge in [-0.2, -0.15) is 0 Å². The summed E-state index contributed by atoms with van der Waals surface area (Å²) in [7, 11) is 0. The highest BCUT2D eigenvalue weighted by Gasteiger charge is 2.12. The van der Waals surface area contributed by atoms with Crippen LogP contribution in [-0.2, 0) is 0 Å². The first-order valence-corrected chi connectivity index (χ1v) is 4.86. The molecule has 0 spiro atoms. The van der Waals surface area contributed by atoms with Crippen molar-refractivity contribution in [3.63, 3.8) is 0 Å². The normalized spacial score (nSPS) is 10.6. The largest absolute Gasteiger partial charge is 0.499 e. The maximum Gasteiger partial charge on any atom is 0.337 e. The molecule has 0 saturated heterocycles. The van der Waals surface area contributed by atoms with Crippen molar-refractivity contribution in [2.75, 3.05) is 0 Å². The fourth-order valence-corrected chi connectivity index (χ4v) is 2.34. The topological polar surface area (TPSA) is 57.5 Å². The molecule has 0 unspecified atom stereocenters. The molecule has 72 valence electrons. The van der Waals surface area contributed by atoms with Crippen molar-refractivity contribution < 1.29 is 15.0 Å². The highest BCUT2D eigenvalue weighted by molar-refractivity contribution is 7.21. The zero-order valence-corrected chi connectivity index (χ0v) is 8.26. The summed E-state index contributed by atoms with van der Waals surface area (Å²) in [6.07, 6.45) is 0. The van der Waals surface area contributed by atoms with Gasteiger partial charge in [0.15, 0.2) is 5.06 Å². The average Bonchev–Trinajstić information content (AvgIpc) is 2.42. The average molecular weight is 208 g/mol. The van der Waals surface area contributed by atoms with E-state index in [-0.39, 0.29) is 10.6 Å². The number of carboxylic acids is 1. The summed E-state index contributed by atoms with van der Waals surface area (Å²) in [5.74, 6) is -0.958. The minimum atomic E-state index is -0.958. The summed E-state index contributed by atoms with van der Waals surface area (Å²) < 4.78 is 0.626. The Morgan fingerprint density at radius 3 is 2.71 bits per heavy atom. The highest BCUT2D eigenvalue weighted by atomic mass is 32.1. The Labute approximate surface area is 84.2 Å². The maximum absolute atomic E-state index is 10.9. The van der Waals surface area contributed by atoms with Gasteiger partial charge in [-0.3, -0.25) is 0 Å². The van der Waals surface area contributed by atoms with Crippen LogP contribution in [0.5, 0.6) is 5.06 Å². The van der Waals surface area contributed by atoms with Gasteiger partial charge in [0.25, 0.3) is 0 Å². The van der Waals surface area contributed by atoms with Crippen molar-refractivity contribution in [1.82, 2.24) is 0 Å². The van der Waals surface area contributed by atoms with Crippen molar-refractivity contribution in [3.05, 3.63) is 29.3 Å². The number of fused-ring (bicyclic) bond motifs is 1. The van der Waals surface area contributed by atoms with Crippen LogP contribution in [0, 0.1) is 6.92 Å². The molecule has 0 aliphatic carbocycles. The van der Waals surface area contributed by atoms with E-state index >= 15 is 0 Å². The molecule has 3 nitrogen and oxygen atoms in total. The van der Waals surface area contributed by atoms with Crippen molar-refractivity contribution in [3.8, 4) is 5.06 Å². The lowest BCUT2D eigenvalue weighted by Crippen LogP contribution is -1.96. The van der Waals surface area contributed by atoms with Crippen LogP contribution in [0.1, 0.15) is 15.9 Å². The Hall–Kier alpha value is -1.55.